The molecule has 8 rings (SSSR count). The molecule has 0 radical (unpaired) electrons. The van der Waals surface area contributed by atoms with Crippen LogP contribution in [0.4, 0.5) is 0 Å². The van der Waals surface area contributed by atoms with Crippen molar-refractivity contribution in [3.05, 3.63) is 150 Å². The molecule has 0 unspecified atom stereocenters. The molecule has 0 N–H and O–H groups in total. The van der Waals surface area contributed by atoms with Crippen molar-refractivity contribution in [2.45, 2.75) is 9.79 Å². The fourth-order valence-corrected chi connectivity index (χ4v) is 7.11. The van der Waals surface area contributed by atoms with E-state index in [-0.39, 0.29) is 5.56 Å². The van der Waals surface area contributed by atoms with Crippen molar-refractivity contribution in [1.82, 2.24) is 4.57 Å². The first-order valence-electron chi connectivity index (χ1n) is 13.4. The van der Waals surface area contributed by atoms with Gasteiger partial charge in [-0.15, -0.1) is 0 Å². The summed E-state index contributed by atoms with van der Waals surface area (Å²) in [6.45, 7) is 0. The fourth-order valence-electron chi connectivity index (χ4n) is 6.01. The van der Waals surface area contributed by atoms with Crippen molar-refractivity contribution in [3.8, 4) is 39.1 Å². The summed E-state index contributed by atoms with van der Waals surface area (Å²) >= 11 is 1.78. The zero-order valence-electron chi connectivity index (χ0n) is 21.5. The Balaban J connectivity index is 1.59. The van der Waals surface area contributed by atoms with Crippen LogP contribution in [-0.2, 0) is 0 Å². The summed E-state index contributed by atoms with van der Waals surface area (Å²) in [4.78, 5) is 16.9. The Bertz CT molecular complexity index is 2160. The van der Waals surface area contributed by atoms with E-state index < -0.39 is 0 Å². The van der Waals surface area contributed by atoms with Crippen LogP contribution in [0.5, 0.6) is 0 Å². The van der Waals surface area contributed by atoms with E-state index in [1.54, 1.807) is 11.8 Å². The molecular weight excluding hydrogens is 506 g/mol. The van der Waals surface area contributed by atoms with Crippen molar-refractivity contribution in [3.63, 3.8) is 0 Å². The third-order valence-electron chi connectivity index (χ3n) is 7.83. The minimum absolute atomic E-state index is 0.00907. The lowest BCUT2D eigenvalue weighted by Gasteiger charge is -2.23. The Morgan fingerprint density at radius 1 is 0.450 bits per heavy atom. The maximum absolute atomic E-state index is 14.6. The third-order valence-corrected chi connectivity index (χ3v) is 8.98. The van der Waals surface area contributed by atoms with Gasteiger partial charge in [-0.05, 0) is 58.0 Å². The summed E-state index contributed by atoms with van der Waals surface area (Å²) in [5.41, 5.74) is 8.40. The Morgan fingerprint density at radius 2 is 1.07 bits per heavy atom. The molecule has 7 aromatic rings. The molecule has 0 saturated heterocycles. The van der Waals surface area contributed by atoms with Crippen LogP contribution in [0.15, 0.2) is 154 Å². The lowest BCUT2D eigenvalue weighted by atomic mass is 9.95. The molecule has 0 aliphatic carbocycles. The highest BCUT2D eigenvalue weighted by Crippen LogP contribution is 2.45. The van der Waals surface area contributed by atoms with Crippen LogP contribution in [-0.4, -0.2) is 4.57 Å². The summed E-state index contributed by atoms with van der Waals surface area (Å²) in [7, 11) is 0. The first kappa shape index (κ1) is 23.1. The Hall–Kier alpha value is -4.86. The quantitative estimate of drug-likeness (QED) is 0.198. The SMILES string of the molecule is O=c1c2ccc(-c3ccccc3)cc2c2cccc3c2n1-c1ccccc1-c1ccccc1Sc1ccccc1-3. The fraction of sp³-hybridized carbons (Fsp3) is 0. The first-order valence-corrected chi connectivity index (χ1v) is 14.2. The second-order valence-corrected chi connectivity index (χ2v) is 11.2. The maximum Gasteiger partial charge on any atom is 0.263 e. The van der Waals surface area contributed by atoms with E-state index in [0.29, 0.717) is 5.39 Å². The molecular formula is C37H23NOS. The number of hydrogen-bond donors (Lipinski definition) is 0. The van der Waals surface area contributed by atoms with E-state index in [1.807, 2.05) is 22.8 Å². The highest BCUT2D eigenvalue weighted by atomic mass is 32.2. The normalized spacial score (nSPS) is 12.0. The number of benzene rings is 6. The number of para-hydroxylation sites is 2. The molecule has 6 aromatic carbocycles. The van der Waals surface area contributed by atoms with Gasteiger partial charge in [-0.25, -0.2) is 0 Å². The summed E-state index contributed by atoms with van der Waals surface area (Å²) in [6, 6.07) is 48.3. The monoisotopic (exact) mass is 529 g/mol. The van der Waals surface area contributed by atoms with Gasteiger partial charge in [0.2, 0.25) is 0 Å². The van der Waals surface area contributed by atoms with E-state index in [1.165, 1.54) is 9.79 Å². The Kier molecular flexibility index (Phi) is 5.26. The van der Waals surface area contributed by atoms with Crippen LogP contribution >= 0.6 is 11.8 Å². The van der Waals surface area contributed by atoms with Gasteiger partial charge >= 0.3 is 0 Å². The van der Waals surface area contributed by atoms with Gasteiger partial charge in [0.05, 0.1) is 11.2 Å². The molecule has 0 bridgehead atoms. The Labute approximate surface area is 236 Å². The number of hydrogen-bond acceptors (Lipinski definition) is 2. The van der Waals surface area contributed by atoms with Crippen LogP contribution in [0.3, 0.4) is 0 Å². The molecule has 1 aliphatic rings. The predicted octanol–water partition coefficient (Wildman–Crippen LogP) is 9.61. The van der Waals surface area contributed by atoms with Crippen molar-refractivity contribution in [1.29, 1.82) is 0 Å². The van der Waals surface area contributed by atoms with Crippen molar-refractivity contribution < 1.29 is 0 Å². The van der Waals surface area contributed by atoms with Crippen LogP contribution in [0.25, 0.3) is 60.7 Å². The molecule has 40 heavy (non-hydrogen) atoms. The number of rotatable bonds is 1. The smallest absolute Gasteiger partial charge is 0.263 e. The van der Waals surface area contributed by atoms with Gasteiger partial charge in [-0.2, -0.15) is 0 Å². The summed E-state index contributed by atoms with van der Waals surface area (Å²) in [5.74, 6) is 0. The second-order valence-electron chi connectivity index (χ2n) is 10.1. The molecule has 2 heterocycles. The van der Waals surface area contributed by atoms with Gasteiger partial charge in [0.15, 0.2) is 0 Å². The topological polar surface area (TPSA) is 22.0 Å². The zero-order chi connectivity index (χ0) is 26.6. The zero-order valence-corrected chi connectivity index (χ0v) is 22.4. The summed E-state index contributed by atoms with van der Waals surface area (Å²) < 4.78 is 1.95. The molecule has 1 aliphatic heterocycles. The maximum atomic E-state index is 14.6. The van der Waals surface area contributed by atoms with Gasteiger partial charge in [0.1, 0.15) is 0 Å². The molecule has 0 fully saturated rings. The molecule has 1 aromatic heterocycles. The van der Waals surface area contributed by atoms with Crippen molar-refractivity contribution in [2.24, 2.45) is 0 Å². The molecule has 0 amide bonds. The van der Waals surface area contributed by atoms with Crippen LogP contribution in [0, 0.1) is 0 Å². The van der Waals surface area contributed by atoms with Crippen LogP contribution in [0.1, 0.15) is 0 Å². The number of aromatic nitrogens is 1. The van der Waals surface area contributed by atoms with Gasteiger partial charge in [0.25, 0.3) is 5.56 Å². The van der Waals surface area contributed by atoms with Gasteiger partial charge in [0, 0.05) is 31.7 Å². The molecule has 3 heteroatoms. The van der Waals surface area contributed by atoms with E-state index >= 15 is 0 Å². The van der Waals surface area contributed by atoms with E-state index in [2.05, 4.69) is 121 Å². The molecule has 0 saturated carbocycles. The number of pyridine rings is 1. The van der Waals surface area contributed by atoms with E-state index in [0.717, 1.165) is 55.4 Å². The minimum Gasteiger partial charge on any atom is -0.275 e. The van der Waals surface area contributed by atoms with Crippen molar-refractivity contribution in [2.75, 3.05) is 0 Å². The first-order chi connectivity index (χ1) is 19.8. The van der Waals surface area contributed by atoms with Gasteiger partial charge in [-0.1, -0.05) is 121 Å². The van der Waals surface area contributed by atoms with E-state index in [4.69, 9.17) is 0 Å². The van der Waals surface area contributed by atoms with E-state index in [9.17, 15) is 4.79 Å². The average Bonchev–Trinajstić information content (AvgIpc) is 3.02. The molecule has 0 atom stereocenters. The molecule has 0 spiro atoms. The van der Waals surface area contributed by atoms with Crippen LogP contribution in [0.2, 0.25) is 0 Å². The second kappa shape index (κ2) is 9.11. The Morgan fingerprint density at radius 3 is 1.85 bits per heavy atom. The molecule has 188 valence electrons. The standard InChI is InChI=1S/C37H23NOS/c39-37-31-22-21-25(24-11-2-1-3-12-24)23-32(31)30-17-10-16-29-28-15-6-9-20-35(28)40-34-19-8-5-14-27(34)26-13-4-7-18-33(26)38(37)36(29)30/h1-23H. The highest BCUT2D eigenvalue weighted by Gasteiger charge is 2.22. The lowest BCUT2D eigenvalue weighted by Crippen LogP contribution is -2.20. The number of fused-ring (bicyclic) bond motifs is 8. The average molecular weight is 530 g/mol. The highest BCUT2D eigenvalue weighted by molar-refractivity contribution is 7.99. The van der Waals surface area contributed by atoms with Gasteiger partial charge < -0.3 is 0 Å². The largest absolute Gasteiger partial charge is 0.275 e. The number of nitrogens with zero attached hydrogens (tertiary/aromatic N) is 1. The van der Waals surface area contributed by atoms with Crippen molar-refractivity contribution >= 4 is 33.4 Å². The summed E-state index contributed by atoms with van der Waals surface area (Å²) in [5, 5.41) is 2.75. The third kappa shape index (κ3) is 3.48. The van der Waals surface area contributed by atoms with Crippen LogP contribution < -0.4 is 5.56 Å². The van der Waals surface area contributed by atoms with Gasteiger partial charge in [-0.3, -0.25) is 9.36 Å². The predicted molar refractivity (Wildman–Crippen MR) is 167 cm³/mol. The molecule has 2 nitrogen and oxygen atoms in total. The minimum atomic E-state index is -0.00907. The summed E-state index contributed by atoms with van der Waals surface area (Å²) in [6.07, 6.45) is 0. The lowest BCUT2D eigenvalue weighted by molar-refractivity contribution is 1.06.